The van der Waals surface area contributed by atoms with E-state index in [0.29, 0.717) is 11.7 Å². The van der Waals surface area contributed by atoms with E-state index >= 15 is 0 Å². The van der Waals surface area contributed by atoms with Crippen molar-refractivity contribution in [3.8, 4) is 11.4 Å². The Hall–Kier alpha value is -1.88. The van der Waals surface area contributed by atoms with Gasteiger partial charge in [0.05, 0.1) is 5.92 Å². The quantitative estimate of drug-likeness (QED) is 0.929. The van der Waals surface area contributed by atoms with Gasteiger partial charge in [-0.25, -0.2) is 0 Å². The molecule has 3 rings (SSSR count). The summed E-state index contributed by atoms with van der Waals surface area (Å²) in [6.45, 7) is 2.02. The molecule has 5 nitrogen and oxygen atoms in total. The molecule has 1 aromatic carbocycles. The number of hydrogen-bond donors (Lipinski definition) is 1. The Labute approximate surface area is 119 Å². The molecule has 1 atom stereocenters. The van der Waals surface area contributed by atoms with Crippen LogP contribution in [-0.2, 0) is 0 Å². The van der Waals surface area contributed by atoms with Gasteiger partial charge in [0.1, 0.15) is 0 Å². The first-order valence-electron chi connectivity index (χ1n) is 7.06. The van der Waals surface area contributed by atoms with Crippen molar-refractivity contribution < 1.29 is 4.52 Å². The Balaban J connectivity index is 1.78. The largest absolute Gasteiger partial charge is 0.378 e. The van der Waals surface area contributed by atoms with Crippen LogP contribution < -0.4 is 10.2 Å². The van der Waals surface area contributed by atoms with Gasteiger partial charge in [0.25, 0.3) is 0 Å². The van der Waals surface area contributed by atoms with Gasteiger partial charge < -0.3 is 14.7 Å². The zero-order chi connectivity index (χ0) is 13.9. The SMILES string of the molecule is CN(C)c1ccc(-c2noc([C@H]3CCCNC3)n2)cc1. The zero-order valence-corrected chi connectivity index (χ0v) is 12.0. The van der Waals surface area contributed by atoms with Crippen molar-refractivity contribution in [2.75, 3.05) is 32.1 Å². The van der Waals surface area contributed by atoms with E-state index < -0.39 is 0 Å². The third-order valence-electron chi connectivity index (χ3n) is 3.73. The molecule has 1 saturated heterocycles. The van der Waals surface area contributed by atoms with Gasteiger partial charge in [-0.05, 0) is 43.7 Å². The minimum Gasteiger partial charge on any atom is -0.378 e. The second kappa shape index (κ2) is 5.63. The molecule has 0 saturated carbocycles. The molecule has 0 spiro atoms. The van der Waals surface area contributed by atoms with E-state index in [4.69, 9.17) is 4.52 Å². The van der Waals surface area contributed by atoms with Crippen LogP contribution in [0.25, 0.3) is 11.4 Å². The predicted molar refractivity (Wildman–Crippen MR) is 78.9 cm³/mol. The summed E-state index contributed by atoms with van der Waals surface area (Å²) in [6, 6.07) is 8.19. The molecule has 1 N–H and O–H groups in total. The van der Waals surface area contributed by atoms with E-state index in [1.165, 1.54) is 6.42 Å². The molecule has 0 aliphatic carbocycles. The van der Waals surface area contributed by atoms with Crippen molar-refractivity contribution in [2.45, 2.75) is 18.8 Å². The van der Waals surface area contributed by atoms with Crippen LogP contribution in [0.4, 0.5) is 5.69 Å². The van der Waals surface area contributed by atoms with Crippen molar-refractivity contribution in [3.05, 3.63) is 30.2 Å². The highest BCUT2D eigenvalue weighted by molar-refractivity contribution is 5.59. The molecule has 2 aromatic rings. The maximum atomic E-state index is 5.42. The third-order valence-corrected chi connectivity index (χ3v) is 3.73. The van der Waals surface area contributed by atoms with Crippen LogP contribution in [0.15, 0.2) is 28.8 Å². The van der Waals surface area contributed by atoms with Crippen molar-refractivity contribution >= 4 is 5.69 Å². The summed E-state index contributed by atoms with van der Waals surface area (Å²) in [5.41, 5.74) is 2.16. The fourth-order valence-electron chi connectivity index (χ4n) is 2.49. The minimum atomic E-state index is 0.353. The van der Waals surface area contributed by atoms with Gasteiger partial charge in [-0.3, -0.25) is 0 Å². The molecule has 5 heteroatoms. The fourth-order valence-corrected chi connectivity index (χ4v) is 2.49. The van der Waals surface area contributed by atoms with Gasteiger partial charge in [0.2, 0.25) is 11.7 Å². The molecule has 0 unspecified atom stereocenters. The number of benzene rings is 1. The molecule has 0 amide bonds. The van der Waals surface area contributed by atoms with Crippen LogP contribution in [0.3, 0.4) is 0 Å². The van der Waals surface area contributed by atoms with Gasteiger partial charge in [0, 0.05) is 31.9 Å². The number of anilines is 1. The van der Waals surface area contributed by atoms with Gasteiger partial charge in [-0.1, -0.05) is 5.16 Å². The molecular weight excluding hydrogens is 252 g/mol. The maximum absolute atomic E-state index is 5.42. The highest BCUT2D eigenvalue weighted by Crippen LogP contribution is 2.25. The Morgan fingerprint density at radius 3 is 2.70 bits per heavy atom. The molecule has 0 bridgehead atoms. The van der Waals surface area contributed by atoms with Crippen molar-refractivity contribution in [1.29, 1.82) is 0 Å². The monoisotopic (exact) mass is 272 g/mol. The van der Waals surface area contributed by atoms with Gasteiger partial charge >= 0.3 is 0 Å². The summed E-state index contributed by atoms with van der Waals surface area (Å²) in [5, 5.41) is 7.48. The zero-order valence-electron chi connectivity index (χ0n) is 12.0. The van der Waals surface area contributed by atoms with Gasteiger partial charge in [-0.15, -0.1) is 0 Å². The summed E-state index contributed by atoms with van der Waals surface area (Å²) < 4.78 is 5.42. The molecule has 1 aliphatic heterocycles. The average Bonchev–Trinajstić information content (AvgIpc) is 2.98. The Bertz CT molecular complexity index is 556. The van der Waals surface area contributed by atoms with Crippen LogP contribution in [-0.4, -0.2) is 37.3 Å². The summed E-state index contributed by atoms with van der Waals surface area (Å²) in [7, 11) is 4.05. The lowest BCUT2D eigenvalue weighted by Gasteiger charge is -2.18. The van der Waals surface area contributed by atoms with Crippen LogP contribution in [0, 0.1) is 0 Å². The number of aromatic nitrogens is 2. The summed E-state index contributed by atoms with van der Waals surface area (Å²) in [5.74, 6) is 1.78. The van der Waals surface area contributed by atoms with Crippen molar-refractivity contribution in [3.63, 3.8) is 0 Å². The summed E-state index contributed by atoms with van der Waals surface area (Å²) >= 11 is 0. The lowest BCUT2D eigenvalue weighted by Crippen LogP contribution is -2.28. The Morgan fingerprint density at radius 2 is 2.05 bits per heavy atom. The summed E-state index contributed by atoms with van der Waals surface area (Å²) in [6.07, 6.45) is 2.29. The first-order valence-corrected chi connectivity index (χ1v) is 7.06. The van der Waals surface area contributed by atoms with E-state index in [2.05, 4.69) is 32.5 Å². The second-order valence-electron chi connectivity index (χ2n) is 5.44. The highest BCUT2D eigenvalue weighted by atomic mass is 16.5. The van der Waals surface area contributed by atoms with E-state index in [-0.39, 0.29) is 0 Å². The second-order valence-corrected chi connectivity index (χ2v) is 5.44. The number of nitrogens with one attached hydrogen (secondary N) is 1. The number of piperidine rings is 1. The molecule has 1 aliphatic rings. The van der Waals surface area contributed by atoms with Gasteiger partial charge in [0.15, 0.2) is 0 Å². The molecule has 1 aromatic heterocycles. The van der Waals surface area contributed by atoms with E-state index in [1.807, 2.05) is 26.2 Å². The smallest absolute Gasteiger partial charge is 0.231 e. The van der Waals surface area contributed by atoms with Crippen LogP contribution in [0.1, 0.15) is 24.7 Å². The molecule has 0 radical (unpaired) electrons. The lowest BCUT2D eigenvalue weighted by molar-refractivity contribution is 0.322. The lowest BCUT2D eigenvalue weighted by atomic mass is 10.00. The average molecular weight is 272 g/mol. The van der Waals surface area contributed by atoms with Gasteiger partial charge in [-0.2, -0.15) is 4.98 Å². The maximum Gasteiger partial charge on any atom is 0.231 e. The van der Waals surface area contributed by atoms with Crippen LogP contribution >= 0.6 is 0 Å². The first-order chi connectivity index (χ1) is 9.74. The first kappa shape index (κ1) is 13.1. The normalized spacial score (nSPS) is 19.0. The highest BCUT2D eigenvalue weighted by Gasteiger charge is 2.21. The predicted octanol–water partition coefficient (Wildman–Crippen LogP) is 2.27. The van der Waals surface area contributed by atoms with E-state index in [1.54, 1.807) is 0 Å². The van der Waals surface area contributed by atoms with Crippen molar-refractivity contribution in [2.24, 2.45) is 0 Å². The molecule has 1 fully saturated rings. The standard InChI is InChI=1S/C15H20N4O/c1-19(2)13-7-5-11(6-8-13)14-17-15(20-18-14)12-4-3-9-16-10-12/h5-8,12,16H,3-4,9-10H2,1-2H3/t12-/m0/s1. The fraction of sp³-hybridized carbons (Fsp3) is 0.467. The summed E-state index contributed by atoms with van der Waals surface area (Å²) in [4.78, 5) is 6.62. The molecular formula is C15H20N4O. The molecule has 2 heterocycles. The van der Waals surface area contributed by atoms with Crippen LogP contribution in [0.2, 0.25) is 0 Å². The Morgan fingerprint density at radius 1 is 1.25 bits per heavy atom. The molecule has 106 valence electrons. The molecule has 20 heavy (non-hydrogen) atoms. The Kier molecular flexibility index (Phi) is 3.69. The van der Waals surface area contributed by atoms with E-state index in [9.17, 15) is 0 Å². The number of hydrogen-bond acceptors (Lipinski definition) is 5. The number of rotatable bonds is 3. The van der Waals surface area contributed by atoms with E-state index in [0.717, 1.165) is 36.7 Å². The third kappa shape index (κ3) is 2.67. The minimum absolute atomic E-state index is 0.353. The topological polar surface area (TPSA) is 54.2 Å². The number of nitrogens with zero attached hydrogens (tertiary/aromatic N) is 3. The van der Waals surface area contributed by atoms with Crippen molar-refractivity contribution in [1.82, 2.24) is 15.5 Å². The van der Waals surface area contributed by atoms with Crippen LogP contribution in [0.5, 0.6) is 0 Å².